The van der Waals surface area contributed by atoms with E-state index in [-0.39, 0.29) is 11.8 Å². The molecular formula is C25H29N3O3. The highest BCUT2D eigenvalue weighted by atomic mass is 16.5. The Balaban J connectivity index is 2.11. The topological polar surface area (TPSA) is 73.2 Å². The molecule has 1 amide bonds. The van der Waals surface area contributed by atoms with E-state index in [1.165, 1.54) is 6.92 Å². The predicted molar refractivity (Wildman–Crippen MR) is 123 cm³/mol. The van der Waals surface area contributed by atoms with Gasteiger partial charge in [0.2, 0.25) is 11.8 Å². The van der Waals surface area contributed by atoms with E-state index in [4.69, 9.17) is 9.84 Å². The third-order valence-electron chi connectivity index (χ3n) is 4.85. The van der Waals surface area contributed by atoms with E-state index in [1.54, 1.807) is 4.68 Å². The summed E-state index contributed by atoms with van der Waals surface area (Å²) in [6.45, 7) is 9.20. The summed E-state index contributed by atoms with van der Waals surface area (Å²) >= 11 is 0. The minimum atomic E-state index is -0.404. The van der Waals surface area contributed by atoms with Crippen LogP contribution >= 0.6 is 0 Å². The largest absolute Gasteiger partial charge is 0.407 e. The first-order valence-electron chi connectivity index (χ1n) is 10.6. The van der Waals surface area contributed by atoms with Crippen LogP contribution in [0.3, 0.4) is 0 Å². The molecule has 0 aliphatic rings. The quantitative estimate of drug-likeness (QED) is 0.526. The minimum absolute atomic E-state index is 0.0349. The van der Waals surface area contributed by atoms with Crippen LogP contribution < -0.4 is 10.1 Å². The molecule has 0 saturated carbocycles. The van der Waals surface area contributed by atoms with Gasteiger partial charge in [0.05, 0.1) is 16.9 Å². The molecule has 31 heavy (non-hydrogen) atoms. The highest BCUT2D eigenvalue weighted by Crippen LogP contribution is 2.37. The lowest BCUT2D eigenvalue weighted by atomic mass is 10.0. The van der Waals surface area contributed by atoms with Crippen molar-refractivity contribution >= 4 is 17.6 Å². The number of carbonyl (C=O) groups is 2. The Hall–Kier alpha value is -3.41. The highest BCUT2D eigenvalue weighted by Gasteiger charge is 2.23. The smallest absolute Gasteiger partial charge is 0.309 e. The normalized spacial score (nSPS) is 10.9. The van der Waals surface area contributed by atoms with E-state index in [0.29, 0.717) is 5.88 Å². The lowest BCUT2D eigenvalue weighted by Gasteiger charge is -2.11. The Bertz CT molecular complexity index is 1080. The van der Waals surface area contributed by atoms with Gasteiger partial charge < -0.3 is 10.1 Å². The van der Waals surface area contributed by atoms with E-state index in [9.17, 15) is 9.59 Å². The Morgan fingerprint density at radius 1 is 1.13 bits per heavy atom. The van der Waals surface area contributed by atoms with Gasteiger partial charge in [0.1, 0.15) is 0 Å². The fraction of sp³-hybridized carbons (Fsp3) is 0.320. The van der Waals surface area contributed by atoms with Crippen molar-refractivity contribution in [3.8, 4) is 22.7 Å². The molecule has 1 N–H and O–H groups in total. The first-order valence-corrected chi connectivity index (χ1v) is 10.6. The van der Waals surface area contributed by atoms with Gasteiger partial charge in [-0.05, 0) is 48.7 Å². The van der Waals surface area contributed by atoms with Crippen molar-refractivity contribution in [2.45, 2.75) is 47.5 Å². The van der Waals surface area contributed by atoms with Crippen LogP contribution in [0, 0.1) is 12.8 Å². The number of hydrogen-bond donors (Lipinski definition) is 1. The molecule has 0 saturated heterocycles. The monoisotopic (exact) mass is 419 g/mol. The summed E-state index contributed by atoms with van der Waals surface area (Å²) in [5.74, 6) is -0.134. The Kier molecular flexibility index (Phi) is 6.90. The lowest BCUT2D eigenvalue weighted by Crippen LogP contribution is -2.17. The van der Waals surface area contributed by atoms with Crippen molar-refractivity contribution in [1.82, 2.24) is 9.78 Å². The molecule has 1 aromatic heterocycles. The SMILES string of the molecule is CCCc1nn(-c2cccc(C)c2)c(OC(C)=O)c1-c1ccc(NC(=O)C(C)C)cc1. The molecule has 1 heterocycles. The van der Waals surface area contributed by atoms with Crippen LogP contribution in [-0.4, -0.2) is 21.7 Å². The van der Waals surface area contributed by atoms with Gasteiger partial charge in [-0.1, -0.05) is 51.5 Å². The van der Waals surface area contributed by atoms with Crippen LogP contribution in [0.15, 0.2) is 48.5 Å². The summed E-state index contributed by atoms with van der Waals surface area (Å²) in [5.41, 5.74) is 5.17. The Morgan fingerprint density at radius 2 is 1.84 bits per heavy atom. The van der Waals surface area contributed by atoms with E-state index in [0.717, 1.165) is 46.6 Å². The second kappa shape index (κ2) is 9.60. The number of nitrogens with zero attached hydrogens (tertiary/aromatic N) is 2. The molecule has 2 aromatic carbocycles. The number of nitrogens with one attached hydrogen (secondary N) is 1. The summed E-state index contributed by atoms with van der Waals surface area (Å²) < 4.78 is 7.37. The second-order valence-corrected chi connectivity index (χ2v) is 7.94. The number of rotatable bonds is 7. The van der Waals surface area contributed by atoms with Crippen molar-refractivity contribution in [1.29, 1.82) is 0 Å². The number of aryl methyl sites for hydroxylation is 2. The van der Waals surface area contributed by atoms with Crippen molar-refractivity contribution in [2.24, 2.45) is 5.92 Å². The van der Waals surface area contributed by atoms with Gasteiger partial charge in [-0.25, -0.2) is 0 Å². The molecule has 0 aliphatic heterocycles. The van der Waals surface area contributed by atoms with E-state index in [1.807, 2.05) is 69.3 Å². The number of anilines is 1. The van der Waals surface area contributed by atoms with Gasteiger partial charge in [0.15, 0.2) is 0 Å². The fourth-order valence-corrected chi connectivity index (χ4v) is 3.32. The molecule has 6 heteroatoms. The summed E-state index contributed by atoms with van der Waals surface area (Å²) in [5, 5.41) is 7.70. The Morgan fingerprint density at radius 3 is 2.42 bits per heavy atom. The van der Waals surface area contributed by atoms with Gasteiger partial charge in [0.25, 0.3) is 0 Å². The molecule has 0 fully saturated rings. The Labute approximate surface area is 183 Å². The summed E-state index contributed by atoms with van der Waals surface area (Å²) in [6, 6.07) is 15.5. The second-order valence-electron chi connectivity index (χ2n) is 7.94. The van der Waals surface area contributed by atoms with Crippen molar-refractivity contribution in [3.63, 3.8) is 0 Å². The summed E-state index contributed by atoms with van der Waals surface area (Å²) in [4.78, 5) is 23.9. The summed E-state index contributed by atoms with van der Waals surface area (Å²) in [6.07, 6.45) is 1.65. The zero-order chi connectivity index (χ0) is 22.5. The molecule has 162 valence electrons. The third kappa shape index (κ3) is 5.20. The van der Waals surface area contributed by atoms with Crippen LogP contribution in [0.2, 0.25) is 0 Å². The molecule has 0 radical (unpaired) electrons. The number of aromatic nitrogens is 2. The van der Waals surface area contributed by atoms with Crippen LogP contribution in [0.5, 0.6) is 5.88 Å². The van der Waals surface area contributed by atoms with Gasteiger partial charge in [-0.3, -0.25) is 9.59 Å². The molecule has 0 bridgehead atoms. The number of amides is 1. The van der Waals surface area contributed by atoms with Crippen LogP contribution in [-0.2, 0) is 16.0 Å². The van der Waals surface area contributed by atoms with E-state index >= 15 is 0 Å². The minimum Gasteiger partial charge on any atom is -0.407 e. The number of benzene rings is 2. The van der Waals surface area contributed by atoms with Gasteiger partial charge in [-0.15, -0.1) is 0 Å². The van der Waals surface area contributed by atoms with E-state index in [2.05, 4.69) is 12.2 Å². The van der Waals surface area contributed by atoms with Crippen molar-refractivity contribution < 1.29 is 14.3 Å². The van der Waals surface area contributed by atoms with E-state index < -0.39 is 5.97 Å². The fourth-order valence-electron chi connectivity index (χ4n) is 3.32. The molecule has 0 aliphatic carbocycles. The average Bonchev–Trinajstić information content (AvgIpc) is 3.06. The molecule has 6 nitrogen and oxygen atoms in total. The number of ether oxygens (including phenoxy) is 1. The molecule has 0 spiro atoms. The third-order valence-corrected chi connectivity index (χ3v) is 4.85. The van der Waals surface area contributed by atoms with Gasteiger partial charge in [0, 0.05) is 18.5 Å². The average molecular weight is 420 g/mol. The van der Waals surface area contributed by atoms with Crippen LogP contribution in [0.25, 0.3) is 16.8 Å². The summed E-state index contributed by atoms with van der Waals surface area (Å²) in [7, 11) is 0. The lowest BCUT2D eigenvalue weighted by molar-refractivity contribution is -0.132. The standard InChI is InChI=1S/C25H29N3O3/c1-6-8-22-23(19-11-13-20(14-12-19)26-24(30)16(2)3)25(31-18(5)29)28(27-22)21-10-7-9-17(4)15-21/h7,9-16H,6,8H2,1-5H3,(H,26,30). The maximum absolute atomic E-state index is 12.0. The number of hydrogen-bond acceptors (Lipinski definition) is 4. The number of esters is 1. The van der Waals surface area contributed by atoms with Gasteiger partial charge >= 0.3 is 5.97 Å². The zero-order valence-corrected chi connectivity index (χ0v) is 18.7. The van der Waals surface area contributed by atoms with Crippen LogP contribution in [0.1, 0.15) is 45.4 Å². The molecular weight excluding hydrogens is 390 g/mol. The maximum Gasteiger partial charge on any atom is 0.309 e. The molecule has 0 unspecified atom stereocenters. The first kappa shape index (κ1) is 22.3. The van der Waals surface area contributed by atoms with Gasteiger partial charge in [-0.2, -0.15) is 9.78 Å². The highest BCUT2D eigenvalue weighted by molar-refractivity contribution is 5.92. The zero-order valence-electron chi connectivity index (χ0n) is 18.7. The molecule has 3 aromatic rings. The predicted octanol–water partition coefficient (Wildman–Crippen LogP) is 5.32. The number of carbonyl (C=O) groups excluding carboxylic acids is 2. The van der Waals surface area contributed by atoms with Crippen LogP contribution in [0.4, 0.5) is 5.69 Å². The molecule has 0 atom stereocenters. The van der Waals surface area contributed by atoms with Crippen molar-refractivity contribution in [3.05, 3.63) is 59.8 Å². The first-order chi connectivity index (χ1) is 14.8. The maximum atomic E-state index is 12.0. The molecule has 3 rings (SSSR count). The van der Waals surface area contributed by atoms with Crippen molar-refractivity contribution in [2.75, 3.05) is 5.32 Å².